The van der Waals surface area contributed by atoms with Crippen LogP contribution >= 0.6 is 7.14 Å². The van der Waals surface area contributed by atoms with E-state index in [0.29, 0.717) is 34.3 Å². The topological polar surface area (TPSA) is 65.0 Å². The number of hydrogen-bond donors (Lipinski definition) is 0. The van der Waals surface area contributed by atoms with Gasteiger partial charge in [0.05, 0.1) is 10.6 Å². The number of fused-ring (bicyclic) bond motifs is 2. The highest BCUT2D eigenvalue weighted by Gasteiger charge is 2.39. The van der Waals surface area contributed by atoms with Gasteiger partial charge < -0.3 is 9.30 Å². The summed E-state index contributed by atoms with van der Waals surface area (Å²) in [6, 6.07) is 51.3. The first-order valence-corrected chi connectivity index (χ1v) is 16.4. The van der Waals surface area contributed by atoms with Gasteiger partial charge in [-0.05, 0) is 41.5 Å². The highest BCUT2D eigenvalue weighted by atomic mass is 31.2. The Morgan fingerprint density at radius 2 is 0.889 bits per heavy atom. The Labute approximate surface area is 261 Å². The monoisotopic (exact) mass is 599 g/mol. The molecule has 0 amide bonds. The van der Waals surface area contributed by atoms with Gasteiger partial charge in [-0.25, -0.2) is 15.0 Å². The Balaban J connectivity index is 1.23. The molecular weight excluding hydrogens is 573 g/mol. The molecule has 214 valence electrons. The van der Waals surface area contributed by atoms with Crippen LogP contribution in [0.25, 0.3) is 45.3 Å². The normalized spacial score (nSPS) is 15.0. The van der Waals surface area contributed by atoms with Crippen LogP contribution in [0.2, 0.25) is 0 Å². The van der Waals surface area contributed by atoms with Crippen molar-refractivity contribution in [3.05, 3.63) is 158 Å². The minimum atomic E-state index is -3.14. The average molecular weight is 600 g/mol. The molecule has 0 bridgehead atoms. The van der Waals surface area contributed by atoms with E-state index in [1.807, 2.05) is 146 Å². The van der Waals surface area contributed by atoms with Gasteiger partial charge in [0.15, 0.2) is 24.6 Å². The van der Waals surface area contributed by atoms with Crippen LogP contribution in [-0.2, 0) is 4.57 Å². The van der Waals surface area contributed by atoms with Crippen molar-refractivity contribution in [3.63, 3.8) is 0 Å². The summed E-state index contributed by atoms with van der Waals surface area (Å²) >= 11 is 0. The molecule has 7 aromatic rings. The van der Waals surface area contributed by atoms with Crippen molar-refractivity contribution >= 4 is 23.1 Å². The molecule has 2 heterocycles. The van der Waals surface area contributed by atoms with Crippen LogP contribution < -0.4 is 20.7 Å². The van der Waals surface area contributed by atoms with Gasteiger partial charge in [-0.15, -0.1) is 0 Å². The molecule has 6 heteroatoms. The van der Waals surface area contributed by atoms with Gasteiger partial charge in [0.25, 0.3) is 0 Å². The van der Waals surface area contributed by atoms with Crippen molar-refractivity contribution in [2.75, 3.05) is 0 Å². The second-order valence-corrected chi connectivity index (χ2v) is 13.5. The van der Waals surface area contributed by atoms with Gasteiger partial charge in [-0.3, -0.25) is 0 Å². The van der Waals surface area contributed by atoms with E-state index in [1.165, 1.54) is 0 Å². The molecule has 0 aliphatic carbocycles. The number of ether oxygens (including phenoxy) is 1. The fourth-order valence-electron chi connectivity index (χ4n) is 5.78. The van der Waals surface area contributed by atoms with Gasteiger partial charge in [0.2, 0.25) is 0 Å². The van der Waals surface area contributed by atoms with Crippen LogP contribution in [0.15, 0.2) is 158 Å². The number of nitrogens with zero attached hydrogens (tertiary/aromatic N) is 3. The van der Waals surface area contributed by atoms with Gasteiger partial charge >= 0.3 is 0 Å². The first kappa shape index (κ1) is 26.9. The molecule has 1 aromatic heterocycles. The summed E-state index contributed by atoms with van der Waals surface area (Å²) < 4.78 is 21.4. The Bertz CT molecular complexity index is 2160. The van der Waals surface area contributed by atoms with Crippen molar-refractivity contribution in [3.8, 4) is 56.8 Å². The first-order chi connectivity index (χ1) is 22.2. The van der Waals surface area contributed by atoms with Crippen LogP contribution in [0.3, 0.4) is 0 Å². The summed E-state index contributed by atoms with van der Waals surface area (Å²) in [6.45, 7) is 0. The van der Waals surface area contributed by atoms with E-state index < -0.39 is 7.14 Å². The molecule has 0 N–H and O–H groups in total. The summed E-state index contributed by atoms with van der Waals surface area (Å²) in [7, 11) is -3.14. The van der Waals surface area contributed by atoms with E-state index >= 15 is 0 Å². The molecule has 0 fully saturated rings. The summed E-state index contributed by atoms with van der Waals surface area (Å²) in [5, 5.41) is 2.21. The Morgan fingerprint density at radius 3 is 1.56 bits per heavy atom. The van der Waals surface area contributed by atoms with Crippen LogP contribution in [0.4, 0.5) is 0 Å². The van der Waals surface area contributed by atoms with E-state index in [1.54, 1.807) is 0 Å². The second-order valence-electron chi connectivity index (χ2n) is 10.8. The number of rotatable bonds is 5. The van der Waals surface area contributed by atoms with Crippen molar-refractivity contribution in [2.24, 2.45) is 0 Å². The van der Waals surface area contributed by atoms with Crippen LogP contribution in [-0.4, -0.2) is 15.0 Å². The molecule has 1 unspecified atom stereocenters. The SMILES string of the molecule is O=P1(c2ccccc2)c2ccccc2Oc2cc(-c3cccc(-c4nc(-c5ccccc5)nc(-c5ccccc5)n4)c3)ccc21. The van der Waals surface area contributed by atoms with Crippen molar-refractivity contribution in [1.82, 2.24) is 15.0 Å². The third kappa shape index (κ3) is 4.84. The summed E-state index contributed by atoms with van der Waals surface area (Å²) in [4.78, 5) is 14.6. The highest BCUT2D eigenvalue weighted by Crippen LogP contribution is 2.52. The number of hydrogen-bond acceptors (Lipinski definition) is 5. The molecule has 0 saturated heterocycles. The molecule has 8 rings (SSSR count). The van der Waals surface area contributed by atoms with E-state index in [4.69, 9.17) is 19.7 Å². The third-order valence-electron chi connectivity index (χ3n) is 8.00. The Hall–Kier alpha value is -5.64. The zero-order valence-electron chi connectivity index (χ0n) is 24.1. The van der Waals surface area contributed by atoms with E-state index in [2.05, 4.69) is 12.1 Å². The maximum Gasteiger partial charge on any atom is 0.178 e. The number of aromatic nitrogens is 3. The third-order valence-corrected chi connectivity index (χ3v) is 11.1. The lowest BCUT2D eigenvalue weighted by Gasteiger charge is -2.29. The molecule has 45 heavy (non-hydrogen) atoms. The zero-order valence-corrected chi connectivity index (χ0v) is 25.0. The summed E-state index contributed by atoms with van der Waals surface area (Å²) in [5.41, 5.74) is 4.61. The molecule has 6 aromatic carbocycles. The Morgan fingerprint density at radius 1 is 0.400 bits per heavy atom. The predicted molar refractivity (Wildman–Crippen MR) is 181 cm³/mol. The second kappa shape index (κ2) is 11.1. The Kier molecular flexibility index (Phi) is 6.66. The average Bonchev–Trinajstić information content (AvgIpc) is 3.12. The quantitative estimate of drug-likeness (QED) is 0.186. The molecule has 1 atom stereocenters. The lowest BCUT2D eigenvalue weighted by atomic mass is 10.0. The standard InChI is InChI=1S/C39H26N3O2P/c43-45(32-19-8-3-9-20-32)35-22-11-10-21-33(35)44-34-26-30(23-24-36(34)45)29-17-12-18-31(25-29)39-41-37(27-13-4-1-5-14-27)40-38(42-39)28-15-6-2-7-16-28/h1-26H. The highest BCUT2D eigenvalue weighted by molar-refractivity contribution is 7.85. The zero-order chi connectivity index (χ0) is 30.2. The fourth-order valence-corrected chi connectivity index (χ4v) is 8.62. The van der Waals surface area contributed by atoms with E-state index in [0.717, 1.165) is 38.4 Å². The van der Waals surface area contributed by atoms with Crippen LogP contribution in [0, 0.1) is 0 Å². The van der Waals surface area contributed by atoms with Gasteiger partial charge in [-0.2, -0.15) is 0 Å². The van der Waals surface area contributed by atoms with E-state index in [9.17, 15) is 4.57 Å². The predicted octanol–water partition coefficient (Wildman–Crippen LogP) is 8.28. The molecule has 0 radical (unpaired) electrons. The molecular formula is C39H26N3O2P. The fraction of sp³-hybridized carbons (Fsp3) is 0. The maximum atomic E-state index is 15.0. The maximum absolute atomic E-state index is 15.0. The minimum Gasteiger partial charge on any atom is -0.456 e. The van der Waals surface area contributed by atoms with Crippen molar-refractivity contribution < 1.29 is 9.30 Å². The van der Waals surface area contributed by atoms with Crippen molar-refractivity contribution in [1.29, 1.82) is 0 Å². The van der Waals surface area contributed by atoms with Crippen LogP contribution in [0.5, 0.6) is 11.5 Å². The lowest BCUT2D eigenvalue weighted by molar-refractivity contribution is 0.485. The van der Waals surface area contributed by atoms with Gasteiger partial charge in [0, 0.05) is 22.0 Å². The largest absolute Gasteiger partial charge is 0.456 e. The first-order valence-electron chi connectivity index (χ1n) is 14.7. The molecule has 0 saturated carbocycles. The smallest absolute Gasteiger partial charge is 0.178 e. The van der Waals surface area contributed by atoms with E-state index in [-0.39, 0.29) is 0 Å². The minimum absolute atomic E-state index is 0.585. The van der Waals surface area contributed by atoms with Gasteiger partial charge in [0.1, 0.15) is 11.5 Å². The molecule has 1 aliphatic rings. The van der Waals surface area contributed by atoms with Crippen molar-refractivity contribution in [2.45, 2.75) is 0 Å². The number of benzene rings is 6. The number of para-hydroxylation sites is 1. The summed E-state index contributed by atoms with van der Waals surface area (Å²) in [5.74, 6) is 3.03. The van der Waals surface area contributed by atoms with Crippen LogP contribution in [0.1, 0.15) is 0 Å². The summed E-state index contributed by atoms with van der Waals surface area (Å²) in [6.07, 6.45) is 0. The van der Waals surface area contributed by atoms with Gasteiger partial charge in [-0.1, -0.05) is 127 Å². The molecule has 5 nitrogen and oxygen atoms in total. The molecule has 1 aliphatic heterocycles. The lowest BCUT2D eigenvalue weighted by Crippen LogP contribution is -2.30. The molecule has 0 spiro atoms.